The number of nitrogens with zero attached hydrogens (tertiary/aromatic N) is 8. The molecule has 5 heterocycles. The summed E-state index contributed by atoms with van der Waals surface area (Å²) in [6.45, 7) is 16.4. The number of carbonyl (C=O) groups excluding carboxylic acids is 1. The van der Waals surface area contributed by atoms with Gasteiger partial charge in [-0.05, 0) is 32.9 Å². The Morgan fingerprint density at radius 1 is 1.05 bits per heavy atom. The van der Waals surface area contributed by atoms with E-state index >= 15 is 0 Å². The molecule has 0 spiro atoms. The third-order valence-corrected chi connectivity index (χ3v) is 6.98. The number of piperazine rings is 1. The van der Waals surface area contributed by atoms with E-state index in [0.717, 1.165) is 37.4 Å². The summed E-state index contributed by atoms with van der Waals surface area (Å²) in [6.07, 6.45) is 7.05. The molecule has 5 rings (SSSR count). The number of hydrogen-bond acceptors (Lipinski definition) is 9. The van der Waals surface area contributed by atoms with Crippen molar-refractivity contribution in [3.05, 3.63) is 60.0 Å². The highest BCUT2D eigenvalue weighted by Gasteiger charge is 2.22. The van der Waals surface area contributed by atoms with Crippen molar-refractivity contribution in [2.45, 2.75) is 53.0 Å². The molecule has 204 valence electrons. The Morgan fingerprint density at radius 2 is 1.82 bits per heavy atom. The zero-order valence-corrected chi connectivity index (χ0v) is 23.3. The van der Waals surface area contributed by atoms with Crippen LogP contribution in [0.2, 0.25) is 0 Å². The smallest absolute Gasteiger partial charge is 0.258 e. The van der Waals surface area contributed by atoms with Crippen molar-refractivity contribution in [3.8, 4) is 16.9 Å². The van der Waals surface area contributed by atoms with Crippen LogP contribution >= 0.6 is 0 Å². The van der Waals surface area contributed by atoms with Crippen LogP contribution in [0.15, 0.2) is 47.5 Å². The fraction of sp³-hybridized carbons (Fsp3) is 0.429. The number of anilines is 2. The molecular weight excluding hydrogens is 494 g/mol. The highest BCUT2D eigenvalue weighted by molar-refractivity contribution is 6.03. The normalized spacial score (nSPS) is 14.7. The summed E-state index contributed by atoms with van der Waals surface area (Å²) in [7, 11) is 0. The quantitative estimate of drug-likeness (QED) is 0.394. The number of amides is 1. The molecule has 1 saturated heterocycles. The Hall–Kier alpha value is -4.12. The molecule has 4 aromatic heterocycles. The van der Waals surface area contributed by atoms with Crippen LogP contribution in [0, 0.1) is 6.92 Å². The van der Waals surface area contributed by atoms with E-state index in [4.69, 9.17) is 4.52 Å². The number of aromatic nitrogens is 6. The average Bonchev–Trinajstić information content (AvgIpc) is 3.59. The Balaban J connectivity index is 1.33. The van der Waals surface area contributed by atoms with Gasteiger partial charge in [-0.25, -0.2) is 4.68 Å². The maximum atomic E-state index is 12.9. The molecule has 0 saturated carbocycles. The minimum atomic E-state index is -0.340. The number of hydrogen-bond donors (Lipinski definition) is 1. The highest BCUT2D eigenvalue weighted by Crippen LogP contribution is 2.26. The van der Waals surface area contributed by atoms with E-state index in [9.17, 15) is 4.79 Å². The van der Waals surface area contributed by atoms with Crippen molar-refractivity contribution < 1.29 is 9.32 Å². The van der Waals surface area contributed by atoms with E-state index in [1.54, 1.807) is 23.0 Å². The van der Waals surface area contributed by atoms with Crippen molar-refractivity contribution in [1.82, 2.24) is 35.0 Å². The summed E-state index contributed by atoms with van der Waals surface area (Å²) in [5.74, 6) is 0.701. The fourth-order valence-corrected chi connectivity index (χ4v) is 4.50. The molecule has 1 aliphatic heterocycles. The topological polar surface area (TPSA) is 118 Å². The number of pyridine rings is 2. The van der Waals surface area contributed by atoms with Gasteiger partial charge < -0.3 is 14.7 Å². The lowest BCUT2D eigenvalue weighted by atomic mass is 9.93. The van der Waals surface area contributed by atoms with Gasteiger partial charge in [-0.1, -0.05) is 31.1 Å². The molecule has 11 nitrogen and oxygen atoms in total. The first-order valence-electron chi connectivity index (χ1n) is 13.2. The SMILES string of the molecule is Cc1ncc(C(=O)Nc2cc(C(C)(C)C)on2)cc1-n1cc(-c2cncc(N3CCN(C(C)C)CC3)c2)nn1. The fourth-order valence-electron chi connectivity index (χ4n) is 4.50. The van der Waals surface area contributed by atoms with E-state index in [1.807, 2.05) is 40.1 Å². The lowest BCUT2D eigenvalue weighted by molar-refractivity contribution is 0.102. The number of nitrogens with one attached hydrogen (secondary N) is 1. The zero-order valence-electron chi connectivity index (χ0n) is 23.3. The molecule has 0 atom stereocenters. The van der Waals surface area contributed by atoms with Gasteiger partial charge in [0, 0.05) is 61.7 Å². The maximum absolute atomic E-state index is 12.9. The molecule has 0 aliphatic carbocycles. The lowest BCUT2D eigenvalue weighted by Crippen LogP contribution is -2.48. The van der Waals surface area contributed by atoms with E-state index in [-0.39, 0.29) is 11.3 Å². The first-order chi connectivity index (χ1) is 18.6. The third-order valence-electron chi connectivity index (χ3n) is 6.98. The van der Waals surface area contributed by atoms with Gasteiger partial charge in [0.2, 0.25) is 0 Å². The van der Waals surface area contributed by atoms with Crippen LogP contribution in [-0.4, -0.2) is 73.1 Å². The van der Waals surface area contributed by atoms with E-state index in [0.29, 0.717) is 40.3 Å². The average molecular weight is 530 g/mol. The van der Waals surface area contributed by atoms with Gasteiger partial charge in [-0.3, -0.25) is 19.7 Å². The summed E-state index contributed by atoms with van der Waals surface area (Å²) in [5, 5.41) is 15.5. The Morgan fingerprint density at radius 3 is 2.51 bits per heavy atom. The molecule has 1 aliphatic rings. The van der Waals surface area contributed by atoms with Crippen molar-refractivity contribution in [3.63, 3.8) is 0 Å². The molecule has 0 aromatic carbocycles. The van der Waals surface area contributed by atoms with E-state index < -0.39 is 0 Å². The second-order valence-corrected chi connectivity index (χ2v) is 11.2. The molecule has 1 N–H and O–H groups in total. The van der Waals surface area contributed by atoms with Gasteiger partial charge in [0.05, 0.1) is 35.0 Å². The molecule has 0 unspecified atom stereocenters. The van der Waals surface area contributed by atoms with Crippen LogP contribution in [0.4, 0.5) is 11.5 Å². The number of rotatable bonds is 6. The van der Waals surface area contributed by atoms with Crippen LogP contribution in [0.1, 0.15) is 56.4 Å². The predicted octanol–water partition coefficient (Wildman–Crippen LogP) is 4.10. The van der Waals surface area contributed by atoms with Gasteiger partial charge in [0.1, 0.15) is 11.5 Å². The van der Waals surface area contributed by atoms with E-state index in [2.05, 4.69) is 60.5 Å². The monoisotopic (exact) mass is 529 g/mol. The minimum absolute atomic E-state index is 0.211. The highest BCUT2D eigenvalue weighted by atomic mass is 16.5. The van der Waals surface area contributed by atoms with Crippen LogP contribution in [-0.2, 0) is 5.41 Å². The Bertz CT molecular complexity index is 1460. The Labute approximate surface area is 228 Å². The van der Waals surface area contributed by atoms with Crippen LogP contribution in [0.5, 0.6) is 0 Å². The first kappa shape index (κ1) is 26.5. The van der Waals surface area contributed by atoms with Crippen molar-refractivity contribution in [1.29, 1.82) is 0 Å². The van der Waals surface area contributed by atoms with Gasteiger partial charge >= 0.3 is 0 Å². The number of carbonyl (C=O) groups is 1. The summed E-state index contributed by atoms with van der Waals surface area (Å²) in [6, 6.07) is 6.13. The molecule has 0 radical (unpaired) electrons. The molecule has 39 heavy (non-hydrogen) atoms. The summed E-state index contributed by atoms with van der Waals surface area (Å²) < 4.78 is 7.01. The predicted molar refractivity (Wildman–Crippen MR) is 149 cm³/mol. The summed E-state index contributed by atoms with van der Waals surface area (Å²) in [5.41, 5.74) is 4.18. The van der Waals surface area contributed by atoms with Gasteiger partial charge in [-0.2, -0.15) is 0 Å². The summed E-state index contributed by atoms with van der Waals surface area (Å²) >= 11 is 0. The van der Waals surface area contributed by atoms with Crippen molar-refractivity contribution in [2.24, 2.45) is 0 Å². The van der Waals surface area contributed by atoms with Crippen molar-refractivity contribution in [2.75, 3.05) is 36.4 Å². The van der Waals surface area contributed by atoms with Gasteiger partial charge in [0.25, 0.3) is 5.91 Å². The molecule has 1 fully saturated rings. The van der Waals surface area contributed by atoms with Crippen LogP contribution in [0.25, 0.3) is 16.9 Å². The molecule has 11 heteroatoms. The van der Waals surface area contributed by atoms with Crippen molar-refractivity contribution >= 4 is 17.4 Å². The second kappa shape index (κ2) is 10.6. The standard InChI is InChI=1S/C28H35N9O2/c1-18(2)35-7-9-36(10-8-35)22-11-20(14-29-16-22)23-17-37(34-32-23)24-12-21(15-30-19(24)3)27(38)31-26-13-25(39-33-26)28(4,5)6/h11-18H,7-10H2,1-6H3,(H,31,33,38). The third kappa shape index (κ3) is 5.83. The molecule has 0 bridgehead atoms. The van der Waals surface area contributed by atoms with E-state index in [1.165, 1.54) is 6.20 Å². The number of aryl methyl sites for hydroxylation is 1. The zero-order chi connectivity index (χ0) is 27.7. The maximum Gasteiger partial charge on any atom is 0.258 e. The van der Waals surface area contributed by atoms with Crippen LogP contribution < -0.4 is 10.2 Å². The molecular formula is C28H35N9O2. The minimum Gasteiger partial charge on any atom is -0.368 e. The van der Waals surface area contributed by atoms with Gasteiger partial charge in [0.15, 0.2) is 5.82 Å². The largest absolute Gasteiger partial charge is 0.368 e. The van der Waals surface area contributed by atoms with Crippen LogP contribution in [0.3, 0.4) is 0 Å². The Kier molecular flexibility index (Phi) is 7.17. The summed E-state index contributed by atoms with van der Waals surface area (Å²) in [4.78, 5) is 26.7. The molecule has 4 aromatic rings. The molecule has 1 amide bonds. The second-order valence-electron chi connectivity index (χ2n) is 11.2. The lowest BCUT2D eigenvalue weighted by Gasteiger charge is -2.38. The first-order valence-corrected chi connectivity index (χ1v) is 13.2. The van der Waals surface area contributed by atoms with Gasteiger partial charge in [-0.15, -0.1) is 5.10 Å².